The molecule has 8 heteroatoms. The maximum Gasteiger partial charge on any atom is 0.243 e. The number of methoxy groups -OCH3 is 2. The van der Waals surface area contributed by atoms with Crippen LogP contribution in [0.15, 0.2) is 50.4 Å². The first-order valence-electron chi connectivity index (χ1n) is 9.71. The van der Waals surface area contributed by atoms with E-state index >= 15 is 0 Å². The molecule has 2 aromatic carbocycles. The summed E-state index contributed by atoms with van der Waals surface area (Å²) in [6, 6.07) is 12.0. The van der Waals surface area contributed by atoms with Gasteiger partial charge in [0.05, 0.1) is 24.9 Å². The van der Waals surface area contributed by atoms with Crippen molar-refractivity contribution in [3.8, 4) is 11.5 Å². The molecule has 0 aliphatic carbocycles. The van der Waals surface area contributed by atoms with Crippen LogP contribution in [-0.4, -0.2) is 44.3 Å². The third kappa shape index (κ3) is 6.06. The summed E-state index contributed by atoms with van der Waals surface area (Å²) in [6.07, 6.45) is 3.24. The first-order valence-corrected chi connectivity index (χ1v) is 11.3. The third-order valence-electron chi connectivity index (χ3n) is 5.16. The molecule has 1 aliphatic heterocycles. The number of carbonyl (C=O) groups is 1. The number of piperidine rings is 1. The van der Waals surface area contributed by atoms with E-state index in [-0.39, 0.29) is 11.8 Å². The zero-order valence-electron chi connectivity index (χ0n) is 17.0. The van der Waals surface area contributed by atoms with E-state index in [1.807, 2.05) is 6.07 Å². The minimum atomic E-state index is -0.0407. The van der Waals surface area contributed by atoms with Gasteiger partial charge in [0.1, 0.15) is 11.5 Å². The lowest BCUT2D eigenvalue weighted by Gasteiger charge is -2.30. The summed E-state index contributed by atoms with van der Waals surface area (Å²) in [4.78, 5) is 14.9. The first-order chi connectivity index (χ1) is 14.5. The number of likely N-dealkylation sites (tertiary alicyclic amines) is 1. The average Bonchev–Trinajstić information content (AvgIpc) is 2.76. The molecule has 160 valence electrons. The first kappa shape index (κ1) is 22.8. The maximum atomic E-state index is 12.5. The fourth-order valence-electron chi connectivity index (χ4n) is 3.44. The number of hydrazone groups is 1. The SMILES string of the molecule is COc1cc(OC)c(C=NNC(=O)C2CCN(Cc3ccc(Br)cc3)CC2)cc1Br. The minimum Gasteiger partial charge on any atom is -0.496 e. The van der Waals surface area contributed by atoms with Gasteiger partial charge in [-0.25, -0.2) is 5.43 Å². The second kappa shape index (κ2) is 10.9. The van der Waals surface area contributed by atoms with Crippen molar-refractivity contribution in [2.24, 2.45) is 11.0 Å². The zero-order chi connectivity index (χ0) is 21.5. The largest absolute Gasteiger partial charge is 0.496 e. The second-order valence-electron chi connectivity index (χ2n) is 7.14. The molecular weight excluding hydrogens is 514 g/mol. The molecule has 1 fully saturated rings. The lowest BCUT2D eigenvalue weighted by Crippen LogP contribution is -2.39. The highest BCUT2D eigenvalue weighted by Crippen LogP contribution is 2.32. The maximum absolute atomic E-state index is 12.5. The highest BCUT2D eigenvalue weighted by atomic mass is 79.9. The van der Waals surface area contributed by atoms with Crippen LogP contribution in [0.2, 0.25) is 0 Å². The zero-order valence-corrected chi connectivity index (χ0v) is 20.2. The van der Waals surface area contributed by atoms with Crippen LogP contribution in [-0.2, 0) is 11.3 Å². The van der Waals surface area contributed by atoms with Gasteiger partial charge in [-0.15, -0.1) is 0 Å². The quantitative estimate of drug-likeness (QED) is 0.413. The molecule has 1 aliphatic rings. The van der Waals surface area contributed by atoms with E-state index in [4.69, 9.17) is 9.47 Å². The van der Waals surface area contributed by atoms with Crippen molar-refractivity contribution < 1.29 is 14.3 Å². The second-order valence-corrected chi connectivity index (χ2v) is 8.91. The van der Waals surface area contributed by atoms with Gasteiger partial charge in [-0.2, -0.15) is 5.10 Å². The molecular formula is C22H25Br2N3O3. The standard InChI is InChI=1S/C22H25Br2N3O3/c1-29-20-12-21(30-2)19(24)11-17(20)13-25-26-22(28)16-7-9-27(10-8-16)14-15-3-5-18(23)6-4-15/h3-6,11-13,16H,7-10,14H2,1-2H3,(H,26,28). The van der Waals surface area contributed by atoms with Gasteiger partial charge in [0.2, 0.25) is 5.91 Å². The number of hydrogen-bond donors (Lipinski definition) is 1. The van der Waals surface area contributed by atoms with E-state index in [1.54, 1.807) is 26.5 Å². The number of carbonyl (C=O) groups excluding carboxylic acids is 1. The fourth-order valence-corrected chi connectivity index (χ4v) is 4.23. The van der Waals surface area contributed by atoms with Gasteiger partial charge in [0.25, 0.3) is 0 Å². The van der Waals surface area contributed by atoms with Gasteiger partial charge in [-0.05, 0) is 65.6 Å². The van der Waals surface area contributed by atoms with Crippen LogP contribution in [0.4, 0.5) is 0 Å². The topological polar surface area (TPSA) is 63.2 Å². The monoisotopic (exact) mass is 537 g/mol. The molecule has 3 rings (SSSR count). The van der Waals surface area contributed by atoms with Crippen LogP contribution >= 0.6 is 31.9 Å². The summed E-state index contributed by atoms with van der Waals surface area (Å²) in [5.74, 6) is 1.23. The van der Waals surface area contributed by atoms with E-state index in [9.17, 15) is 4.79 Å². The number of ether oxygens (including phenoxy) is 2. The van der Waals surface area contributed by atoms with Crippen LogP contribution in [0, 0.1) is 5.92 Å². The summed E-state index contributed by atoms with van der Waals surface area (Å²) in [6.45, 7) is 2.71. The van der Waals surface area contributed by atoms with E-state index in [1.165, 1.54) is 5.56 Å². The molecule has 1 heterocycles. The summed E-state index contributed by atoms with van der Waals surface area (Å²) in [7, 11) is 3.18. The summed E-state index contributed by atoms with van der Waals surface area (Å²) >= 11 is 6.91. The fraction of sp³-hybridized carbons (Fsp3) is 0.364. The predicted octanol–water partition coefficient (Wildman–Crippen LogP) is 4.59. The normalized spacial score (nSPS) is 15.3. The molecule has 0 spiro atoms. The van der Waals surface area contributed by atoms with Crippen molar-refractivity contribution in [3.63, 3.8) is 0 Å². The Kier molecular flexibility index (Phi) is 8.30. The highest BCUT2D eigenvalue weighted by molar-refractivity contribution is 9.10. The van der Waals surface area contributed by atoms with Crippen LogP contribution in [0.5, 0.6) is 11.5 Å². The number of rotatable bonds is 7. The molecule has 30 heavy (non-hydrogen) atoms. The van der Waals surface area contributed by atoms with Gasteiger partial charge in [-0.1, -0.05) is 28.1 Å². The summed E-state index contributed by atoms with van der Waals surface area (Å²) < 4.78 is 12.5. The van der Waals surface area contributed by atoms with Gasteiger partial charge in [0, 0.05) is 28.6 Å². The Labute approximate surface area is 193 Å². The Morgan fingerprint density at radius 2 is 1.80 bits per heavy atom. The highest BCUT2D eigenvalue weighted by Gasteiger charge is 2.24. The Morgan fingerprint density at radius 3 is 2.43 bits per heavy atom. The number of nitrogens with one attached hydrogen (secondary N) is 1. The summed E-state index contributed by atoms with van der Waals surface area (Å²) in [5.41, 5.74) is 4.70. The van der Waals surface area contributed by atoms with Crippen LogP contribution in [0.3, 0.4) is 0 Å². The van der Waals surface area contributed by atoms with E-state index < -0.39 is 0 Å². The van der Waals surface area contributed by atoms with Crippen molar-refractivity contribution in [2.75, 3.05) is 27.3 Å². The van der Waals surface area contributed by atoms with Crippen LogP contribution in [0.1, 0.15) is 24.0 Å². The molecule has 1 saturated heterocycles. The molecule has 0 radical (unpaired) electrons. The molecule has 0 atom stereocenters. The molecule has 2 aromatic rings. The van der Waals surface area contributed by atoms with E-state index in [0.29, 0.717) is 11.5 Å². The van der Waals surface area contributed by atoms with Gasteiger partial charge >= 0.3 is 0 Å². The summed E-state index contributed by atoms with van der Waals surface area (Å²) in [5, 5.41) is 4.13. The van der Waals surface area contributed by atoms with Gasteiger partial charge < -0.3 is 9.47 Å². The number of benzene rings is 2. The van der Waals surface area contributed by atoms with Crippen molar-refractivity contribution in [2.45, 2.75) is 19.4 Å². The molecule has 0 saturated carbocycles. The Morgan fingerprint density at radius 1 is 1.13 bits per heavy atom. The molecule has 1 amide bonds. The molecule has 0 aromatic heterocycles. The number of nitrogens with zero attached hydrogens (tertiary/aromatic N) is 2. The van der Waals surface area contributed by atoms with E-state index in [0.717, 1.165) is 47.0 Å². The van der Waals surface area contributed by atoms with Crippen molar-refractivity contribution in [1.82, 2.24) is 10.3 Å². The van der Waals surface area contributed by atoms with Crippen molar-refractivity contribution in [3.05, 3.63) is 56.5 Å². The average molecular weight is 539 g/mol. The molecule has 0 unspecified atom stereocenters. The van der Waals surface area contributed by atoms with Gasteiger partial charge in [0.15, 0.2) is 0 Å². The lowest BCUT2D eigenvalue weighted by atomic mass is 9.96. The number of hydrogen-bond acceptors (Lipinski definition) is 5. The van der Waals surface area contributed by atoms with Crippen LogP contribution in [0.25, 0.3) is 0 Å². The van der Waals surface area contributed by atoms with Gasteiger partial charge in [-0.3, -0.25) is 9.69 Å². The molecule has 0 bridgehead atoms. The Hall–Kier alpha value is -1.90. The Balaban J connectivity index is 1.50. The smallest absolute Gasteiger partial charge is 0.243 e. The number of amides is 1. The Bertz CT molecular complexity index is 895. The minimum absolute atomic E-state index is 0.0205. The van der Waals surface area contributed by atoms with Crippen LogP contribution < -0.4 is 14.9 Å². The molecule has 1 N–H and O–H groups in total. The van der Waals surface area contributed by atoms with Crippen molar-refractivity contribution >= 4 is 44.0 Å². The van der Waals surface area contributed by atoms with E-state index in [2.05, 4.69) is 71.6 Å². The molecule has 6 nitrogen and oxygen atoms in total. The lowest BCUT2D eigenvalue weighted by molar-refractivity contribution is -0.126. The van der Waals surface area contributed by atoms with Crippen molar-refractivity contribution in [1.29, 1.82) is 0 Å². The third-order valence-corrected chi connectivity index (χ3v) is 6.31. The predicted molar refractivity (Wildman–Crippen MR) is 125 cm³/mol. The number of halogens is 2.